The molecular weight excluding hydrogens is 314 g/mol. The van der Waals surface area contributed by atoms with Crippen LogP contribution in [-0.2, 0) is 9.59 Å². The molecule has 1 heterocycles. The molecule has 1 aliphatic heterocycles. The maximum absolute atomic E-state index is 12.9. The van der Waals surface area contributed by atoms with Crippen LogP contribution in [0, 0.1) is 17.8 Å². The van der Waals surface area contributed by atoms with E-state index in [1.54, 1.807) is 0 Å². The Hall–Kier alpha value is -1.10. The second-order valence-corrected chi connectivity index (χ2v) is 8.35. The van der Waals surface area contributed by atoms with Gasteiger partial charge in [0.1, 0.15) is 0 Å². The largest absolute Gasteiger partial charge is 0.354 e. The molecule has 5 heteroatoms. The number of nitrogens with zero attached hydrogens (tertiary/aromatic N) is 2. The van der Waals surface area contributed by atoms with Crippen molar-refractivity contribution in [3.05, 3.63) is 0 Å². The van der Waals surface area contributed by atoms with Gasteiger partial charge in [-0.3, -0.25) is 14.5 Å². The fourth-order valence-electron chi connectivity index (χ4n) is 4.33. The van der Waals surface area contributed by atoms with Gasteiger partial charge in [0.2, 0.25) is 11.8 Å². The van der Waals surface area contributed by atoms with E-state index in [0.717, 1.165) is 45.1 Å². The van der Waals surface area contributed by atoms with Crippen molar-refractivity contribution < 1.29 is 9.59 Å². The Morgan fingerprint density at radius 1 is 1.04 bits per heavy atom. The van der Waals surface area contributed by atoms with Gasteiger partial charge in [-0.15, -0.1) is 0 Å². The Morgan fingerprint density at radius 3 is 2.24 bits per heavy atom. The van der Waals surface area contributed by atoms with E-state index in [9.17, 15) is 9.59 Å². The van der Waals surface area contributed by atoms with Crippen LogP contribution in [0.5, 0.6) is 0 Å². The molecular formula is C20H35N3O2. The van der Waals surface area contributed by atoms with Crippen molar-refractivity contribution in [1.82, 2.24) is 15.1 Å². The number of carbonyl (C=O) groups is 2. The molecule has 2 atom stereocenters. The van der Waals surface area contributed by atoms with Crippen LogP contribution in [0.3, 0.4) is 0 Å². The zero-order valence-corrected chi connectivity index (χ0v) is 16.0. The molecule has 0 radical (unpaired) electrons. The van der Waals surface area contributed by atoms with Gasteiger partial charge in [0.05, 0.1) is 6.04 Å². The van der Waals surface area contributed by atoms with Gasteiger partial charge in [0.25, 0.3) is 0 Å². The van der Waals surface area contributed by atoms with Gasteiger partial charge in [0, 0.05) is 38.6 Å². The number of hydrogen-bond donors (Lipinski definition) is 1. The van der Waals surface area contributed by atoms with E-state index >= 15 is 0 Å². The molecule has 3 fully saturated rings. The molecule has 0 bridgehead atoms. The van der Waals surface area contributed by atoms with Gasteiger partial charge < -0.3 is 10.2 Å². The minimum absolute atomic E-state index is 0.0158. The standard InChI is InChI=1S/C20H35N3O2/c1-3-15(2)20(25)23-12-10-22(11-13-23)18(17-6-4-5-7-17)19(24)21-14-16-8-9-16/h15-18H,3-14H2,1-2H3,(H,21,24). The maximum atomic E-state index is 12.9. The Labute approximate surface area is 152 Å². The van der Waals surface area contributed by atoms with Crippen LogP contribution in [0.4, 0.5) is 0 Å². The van der Waals surface area contributed by atoms with Crippen LogP contribution in [0.2, 0.25) is 0 Å². The van der Waals surface area contributed by atoms with E-state index in [2.05, 4.69) is 17.1 Å². The fraction of sp³-hybridized carbons (Fsp3) is 0.900. The smallest absolute Gasteiger partial charge is 0.237 e. The van der Waals surface area contributed by atoms with Crippen molar-refractivity contribution >= 4 is 11.8 Å². The van der Waals surface area contributed by atoms with Crippen LogP contribution in [-0.4, -0.2) is 60.4 Å². The first-order valence-electron chi connectivity index (χ1n) is 10.4. The van der Waals surface area contributed by atoms with Crippen LogP contribution >= 0.6 is 0 Å². The lowest BCUT2D eigenvalue weighted by Crippen LogP contribution is -2.58. The summed E-state index contributed by atoms with van der Waals surface area (Å²) in [6.07, 6.45) is 8.29. The molecule has 2 unspecified atom stereocenters. The van der Waals surface area contributed by atoms with Crippen molar-refractivity contribution in [2.75, 3.05) is 32.7 Å². The van der Waals surface area contributed by atoms with Gasteiger partial charge >= 0.3 is 0 Å². The predicted molar refractivity (Wildman–Crippen MR) is 99.1 cm³/mol. The van der Waals surface area contributed by atoms with Gasteiger partial charge in [-0.05, 0) is 43.9 Å². The zero-order chi connectivity index (χ0) is 17.8. The van der Waals surface area contributed by atoms with Crippen LogP contribution < -0.4 is 5.32 Å². The first-order chi connectivity index (χ1) is 12.1. The third-order valence-electron chi connectivity index (χ3n) is 6.43. The van der Waals surface area contributed by atoms with Crippen LogP contribution in [0.1, 0.15) is 58.8 Å². The number of amides is 2. The van der Waals surface area contributed by atoms with Gasteiger partial charge in [0.15, 0.2) is 0 Å². The summed E-state index contributed by atoms with van der Waals surface area (Å²) < 4.78 is 0. The van der Waals surface area contributed by atoms with Crippen molar-refractivity contribution in [2.24, 2.45) is 17.8 Å². The molecule has 2 aliphatic carbocycles. The molecule has 142 valence electrons. The molecule has 2 saturated carbocycles. The maximum Gasteiger partial charge on any atom is 0.237 e. The van der Waals surface area contributed by atoms with E-state index in [1.165, 1.54) is 38.5 Å². The third kappa shape index (κ3) is 4.75. The average molecular weight is 350 g/mol. The summed E-state index contributed by atoms with van der Waals surface area (Å²) in [5.41, 5.74) is 0. The van der Waals surface area contributed by atoms with E-state index < -0.39 is 0 Å². The summed E-state index contributed by atoms with van der Waals surface area (Å²) in [4.78, 5) is 29.7. The zero-order valence-electron chi connectivity index (χ0n) is 16.0. The van der Waals surface area contributed by atoms with E-state index in [1.807, 2.05) is 11.8 Å². The number of nitrogens with one attached hydrogen (secondary N) is 1. The summed E-state index contributed by atoms with van der Waals surface area (Å²) in [5, 5.41) is 3.22. The van der Waals surface area contributed by atoms with E-state index in [-0.39, 0.29) is 23.8 Å². The first kappa shape index (κ1) is 18.7. The topological polar surface area (TPSA) is 52.7 Å². The molecule has 0 aromatic rings. The summed E-state index contributed by atoms with van der Waals surface area (Å²) in [6.45, 7) is 8.14. The van der Waals surface area contributed by atoms with Crippen molar-refractivity contribution in [3.8, 4) is 0 Å². The van der Waals surface area contributed by atoms with Crippen molar-refractivity contribution in [1.29, 1.82) is 0 Å². The van der Waals surface area contributed by atoms with Crippen LogP contribution in [0.25, 0.3) is 0 Å². The van der Waals surface area contributed by atoms with Crippen molar-refractivity contribution in [3.63, 3.8) is 0 Å². The Kier molecular flexibility index (Phi) is 6.37. The SMILES string of the molecule is CCC(C)C(=O)N1CCN(C(C(=O)NCC2CC2)C2CCCC2)CC1. The minimum Gasteiger partial charge on any atom is -0.354 e. The van der Waals surface area contributed by atoms with Gasteiger partial charge in [-0.25, -0.2) is 0 Å². The normalized spacial score (nSPS) is 25.0. The molecule has 25 heavy (non-hydrogen) atoms. The monoisotopic (exact) mass is 349 g/mol. The molecule has 1 saturated heterocycles. The number of hydrogen-bond acceptors (Lipinski definition) is 3. The van der Waals surface area contributed by atoms with Gasteiger partial charge in [-0.2, -0.15) is 0 Å². The predicted octanol–water partition coefficient (Wildman–Crippen LogP) is 2.26. The molecule has 0 spiro atoms. The lowest BCUT2D eigenvalue weighted by molar-refractivity contribution is -0.138. The summed E-state index contributed by atoms with van der Waals surface area (Å²) in [6, 6.07) is 0.0158. The molecule has 5 nitrogen and oxygen atoms in total. The van der Waals surface area contributed by atoms with E-state index in [0.29, 0.717) is 5.92 Å². The molecule has 3 aliphatic rings. The summed E-state index contributed by atoms with van der Waals surface area (Å²) in [7, 11) is 0. The molecule has 1 N–H and O–H groups in total. The van der Waals surface area contributed by atoms with Crippen molar-refractivity contribution in [2.45, 2.75) is 64.8 Å². The molecule has 0 aromatic heterocycles. The third-order valence-corrected chi connectivity index (χ3v) is 6.43. The summed E-state index contributed by atoms with van der Waals surface area (Å²) in [5.74, 6) is 1.84. The second kappa shape index (κ2) is 8.52. The lowest BCUT2D eigenvalue weighted by atomic mass is 9.94. The Bertz CT molecular complexity index is 464. The lowest BCUT2D eigenvalue weighted by Gasteiger charge is -2.41. The molecule has 3 rings (SSSR count). The highest BCUT2D eigenvalue weighted by Crippen LogP contribution is 2.32. The summed E-state index contributed by atoms with van der Waals surface area (Å²) >= 11 is 0. The highest BCUT2D eigenvalue weighted by atomic mass is 16.2. The molecule has 2 amide bonds. The Balaban J connectivity index is 1.57. The molecule has 0 aromatic carbocycles. The first-order valence-corrected chi connectivity index (χ1v) is 10.4. The fourth-order valence-corrected chi connectivity index (χ4v) is 4.33. The quantitative estimate of drug-likeness (QED) is 0.767. The number of carbonyl (C=O) groups excluding carboxylic acids is 2. The van der Waals surface area contributed by atoms with Gasteiger partial charge in [-0.1, -0.05) is 26.7 Å². The second-order valence-electron chi connectivity index (χ2n) is 8.35. The highest BCUT2D eigenvalue weighted by molar-refractivity contribution is 5.82. The number of piperazine rings is 1. The number of rotatable bonds is 7. The van der Waals surface area contributed by atoms with E-state index in [4.69, 9.17) is 0 Å². The average Bonchev–Trinajstić information content (AvgIpc) is 3.33. The minimum atomic E-state index is 0.0158. The Morgan fingerprint density at radius 2 is 1.68 bits per heavy atom. The van der Waals surface area contributed by atoms with Crippen LogP contribution in [0.15, 0.2) is 0 Å². The highest BCUT2D eigenvalue weighted by Gasteiger charge is 2.38.